The predicted molar refractivity (Wildman–Crippen MR) is 110 cm³/mol. The molecule has 1 aliphatic heterocycles. The third kappa shape index (κ3) is 3.33. The molecule has 1 aliphatic carbocycles. The number of primary amides is 1. The molecule has 2 atom stereocenters. The minimum Gasteiger partial charge on any atom is -0.489 e. The Kier molecular flexibility index (Phi) is 4.70. The van der Waals surface area contributed by atoms with Crippen molar-refractivity contribution in [2.45, 2.75) is 31.7 Å². The molecule has 2 aromatic carbocycles. The van der Waals surface area contributed by atoms with Gasteiger partial charge in [0, 0.05) is 33.8 Å². The summed E-state index contributed by atoms with van der Waals surface area (Å²) in [4.78, 5) is 15.1. The van der Waals surface area contributed by atoms with Crippen molar-refractivity contribution in [2.24, 2.45) is 11.7 Å². The number of aromatic nitrogens is 1. The second kappa shape index (κ2) is 7.40. The van der Waals surface area contributed by atoms with E-state index < -0.39 is 11.7 Å². The van der Waals surface area contributed by atoms with E-state index in [9.17, 15) is 13.6 Å². The van der Waals surface area contributed by atoms with Gasteiger partial charge in [-0.1, -0.05) is 0 Å². The standard InChI is InChI=1S/C23H23F2N3O2/c24-13-2-6-20-17(8-13)15-3-1-12(7-21(15)28-20)10-27-14-9-18-16(23(26)29)4-5-19(25)22(18)30-11-14/h2,4-6,8,12,14,27-28H,1,3,7,9-11H2,(H2,26,29). The number of nitrogens with two attached hydrogens (primary N) is 1. The van der Waals surface area contributed by atoms with Gasteiger partial charge in [-0.15, -0.1) is 0 Å². The Labute approximate surface area is 172 Å². The van der Waals surface area contributed by atoms with Gasteiger partial charge in [0.1, 0.15) is 12.4 Å². The molecule has 30 heavy (non-hydrogen) atoms. The van der Waals surface area contributed by atoms with E-state index in [2.05, 4.69) is 10.3 Å². The van der Waals surface area contributed by atoms with E-state index in [1.807, 2.05) is 0 Å². The molecule has 1 aromatic heterocycles. The molecule has 5 rings (SSSR count). The van der Waals surface area contributed by atoms with Crippen LogP contribution in [0.2, 0.25) is 0 Å². The Morgan fingerprint density at radius 2 is 2.07 bits per heavy atom. The molecule has 0 radical (unpaired) electrons. The van der Waals surface area contributed by atoms with Crippen molar-refractivity contribution in [2.75, 3.05) is 13.2 Å². The summed E-state index contributed by atoms with van der Waals surface area (Å²) in [6.07, 6.45) is 3.31. The Morgan fingerprint density at radius 1 is 1.20 bits per heavy atom. The molecule has 156 valence electrons. The van der Waals surface area contributed by atoms with Crippen LogP contribution in [0.3, 0.4) is 0 Å². The van der Waals surface area contributed by atoms with E-state index in [4.69, 9.17) is 10.5 Å². The molecule has 2 heterocycles. The predicted octanol–water partition coefficient (Wildman–Crippen LogP) is 3.24. The lowest BCUT2D eigenvalue weighted by Crippen LogP contribution is -2.43. The number of H-pyrrole nitrogens is 1. The number of carbonyl (C=O) groups excluding carboxylic acids is 1. The van der Waals surface area contributed by atoms with E-state index in [0.717, 1.165) is 36.7 Å². The normalized spacial score (nSPS) is 20.5. The fourth-order valence-corrected chi connectivity index (χ4v) is 4.79. The van der Waals surface area contributed by atoms with Crippen LogP contribution in [0.5, 0.6) is 5.75 Å². The van der Waals surface area contributed by atoms with Crippen LogP contribution in [0.4, 0.5) is 8.78 Å². The molecule has 1 amide bonds. The fraction of sp³-hybridized carbons (Fsp3) is 0.348. The highest BCUT2D eigenvalue weighted by atomic mass is 19.1. The molecule has 2 unspecified atom stereocenters. The van der Waals surface area contributed by atoms with Crippen molar-refractivity contribution in [3.05, 3.63) is 64.4 Å². The highest BCUT2D eigenvalue weighted by Crippen LogP contribution is 2.33. The van der Waals surface area contributed by atoms with Crippen molar-refractivity contribution < 1.29 is 18.3 Å². The minimum absolute atomic E-state index is 0.0180. The molecule has 5 nitrogen and oxygen atoms in total. The molecule has 0 fully saturated rings. The number of hydrogen-bond acceptors (Lipinski definition) is 3. The highest BCUT2D eigenvalue weighted by Gasteiger charge is 2.28. The van der Waals surface area contributed by atoms with Crippen molar-refractivity contribution in [1.82, 2.24) is 10.3 Å². The first-order valence-electron chi connectivity index (χ1n) is 10.3. The Morgan fingerprint density at radius 3 is 2.90 bits per heavy atom. The lowest BCUT2D eigenvalue weighted by molar-refractivity contribution is 0.0997. The van der Waals surface area contributed by atoms with Gasteiger partial charge in [-0.25, -0.2) is 8.78 Å². The van der Waals surface area contributed by atoms with Crippen molar-refractivity contribution in [1.29, 1.82) is 0 Å². The summed E-state index contributed by atoms with van der Waals surface area (Å²) in [5.74, 6) is -0.691. The number of halogens is 2. The summed E-state index contributed by atoms with van der Waals surface area (Å²) < 4.78 is 33.3. The first kappa shape index (κ1) is 19.1. The zero-order chi connectivity index (χ0) is 20.8. The number of benzene rings is 2. The second-order valence-electron chi connectivity index (χ2n) is 8.27. The van der Waals surface area contributed by atoms with Gasteiger partial charge in [0.05, 0.1) is 0 Å². The van der Waals surface area contributed by atoms with Crippen LogP contribution in [-0.2, 0) is 19.3 Å². The number of amides is 1. The van der Waals surface area contributed by atoms with Crippen molar-refractivity contribution in [3.8, 4) is 5.75 Å². The Hall–Kier alpha value is -2.93. The van der Waals surface area contributed by atoms with E-state index in [-0.39, 0.29) is 17.6 Å². The van der Waals surface area contributed by atoms with Gasteiger partial charge in [0.15, 0.2) is 11.6 Å². The maximum absolute atomic E-state index is 14.0. The molecule has 0 spiro atoms. The molecule has 0 bridgehead atoms. The molecule has 2 aliphatic rings. The average Bonchev–Trinajstić information content (AvgIpc) is 3.09. The SMILES string of the molecule is NC(=O)c1ccc(F)c2c1CC(NCC1CCc3c([nH]c4ccc(F)cc34)C1)CO2. The number of aryl methyl sites for hydroxylation is 1. The van der Waals surface area contributed by atoms with Gasteiger partial charge in [0.2, 0.25) is 5.91 Å². The lowest BCUT2D eigenvalue weighted by atomic mass is 9.86. The number of hydrogen-bond donors (Lipinski definition) is 3. The largest absolute Gasteiger partial charge is 0.489 e. The molecule has 0 saturated heterocycles. The van der Waals surface area contributed by atoms with E-state index >= 15 is 0 Å². The minimum atomic E-state index is -0.578. The molecular weight excluding hydrogens is 388 g/mol. The summed E-state index contributed by atoms with van der Waals surface area (Å²) in [7, 11) is 0. The van der Waals surface area contributed by atoms with Crippen molar-refractivity contribution in [3.63, 3.8) is 0 Å². The van der Waals surface area contributed by atoms with Crippen LogP contribution >= 0.6 is 0 Å². The highest BCUT2D eigenvalue weighted by molar-refractivity contribution is 5.95. The van der Waals surface area contributed by atoms with Gasteiger partial charge >= 0.3 is 0 Å². The smallest absolute Gasteiger partial charge is 0.249 e. The zero-order valence-corrected chi connectivity index (χ0v) is 16.4. The molecule has 7 heteroatoms. The number of rotatable bonds is 4. The van der Waals surface area contributed by atoms with Crippen LogP contribution in [0, 0.1) is 17.6 Å². The molecular formula is C23H23F2N3O2. The van der Waals surface area contributed by atoms with Crippen LogP contribution in [-0.4, -0.2) is 30.1 Å². The van der Waals surface area contributed by atoms with Crippen LogP contribution in [0.25, 0.3) is 10.9 Å². The van der Waals surface area contributed by atoms with E-state index in [1.54, 1.807) is 12.1 Å². The van der Waals surface area contributed by atoms with Crippen LogP contribution in [0.1, 0.15) is 33.6 Å². The molecule has 3 aromatic rings. The van der Waals surface area contributed by atoms with Crippen LogP contribution < -0.4 is 15.8 Å². The lowest BCUT2D eigenvalue weighted by Gasteiger charge is -2.30. The maximum Gasteiger partial charge on any atom is 0.249 e. The first-order chi connectivity index (χ1) is 14.5. The Balaban J connectivity index is 1.27. The Bertz CT molecular complexity index is 1140. The third-order valence-electron chi connectivity index (χ3n) is 6.30. The third-order valence-corrected chi connectivity index (χ3v) is 6.30. The first-order valence-corrected chi connectivity index (χ1v) is 10.3. The van der Waals surface area contributed by atoms with Gasteiger partial charge in [-0.05, 0) is 74.0 Å². The van der Waals surface area contributed by atoms with Crippen LogP contribution in [0.15, 0.2) is 30.3 Å². The summed E-state index contributed by atoms with van der Waals surface area (Å²) in [5, 5.41) is 4.50. The quantitative estimate of drug-likeness (QED) is 0.617. The summed E-state index contributed by atoms with van der Waals surface area (Å²) in [6.45, 7) is 1.13. The second-order valence-corrected chi connectivity index (χ2v) is 8.27. The topological polar surface area (TPSA) is 80.1 Å². The summed E-state index contributed by atoms with van der Waals surface area (Å²) >= 11 is 0. The fourth-order valence-electron chi connectivity index (χ4n) is 4.79. The average molecular weight is 411 g/mol. The summed E-state index contributed by atoms with van der Waals surface area (Å²) in [5.41, 5.74) is 9.67. The van der Waals surface area contributed by atoms with E-state index in [1.165, 1.54) is 29.5 Å². The number of nitrogens with one attached hydrogen (secondary N) is 2. The number of aromatic amines is 1. The van der Waals surface area contributed by atoms with Gasteiger partial charge in [-0.2, -0.15) is 0 Å². The number of carbonyl (C=O) groups is 1. The molecule has 0 saturated carbocycles. The van der Waals surface area contributed by atoms with Gasteiger partial charge < -0.3 is 20.8 Å². The molecule has 4 N–H and O–H groups in total. The number of fused-ring (bicyclic) bond motifs is 4. The van der Waals surface area contributed by atoms with Gasteiger partial charge in [-0.3, -0.25) is 4.79 Å². The van der Waals surface area contributed by atoms with E-state index in [0.29, 0.717) is 30.1 Å². The number of ether oxygens (including phenoxy) is 1. The monoisotopic (exact) mass is 411 g/mol. The van der Waals surface area contributed by atoms with Crippen molar-refractivity contribution >= 4 is 16.8 Å². The maximum atomic E-state index is 14.0. The van der Waals surface area contributed by atoms with Gasteiger partial charge in [0.25, 0.3) is 0 Å². The zero-order valence-electron chi connectivity index (χ0n) is 16.4. The summed E-state index contributed by atoms with van der Waals surface area (Å²) in [6, 6.07) is 7.50.